The van der Waals surface area contributed by atoms with Crippen molar-refractivity contribution < 1.29 is 4.79 Å². The van der Waals surface area contributed by atoms with Gasteiger partial charge in [-0.2, -0.15) is 0 Å². The van der Waals surface area contributed by atoms with Crippen LogP contribution in [0.15, 0.2) is 12.1 Å². The predicted molar refractivity (Wildman–Crippen MR) is 78.4 cm³/mol. The third-order valence-electron chi connectivity index (χ3n) is 3.15. The normalized spacial score (nSPS) is 23.2. The molecule has 0 bridgehead atoms. The maximum absolute atomic E-state index is 11.9. The number of amides is 1. The highest BCUT2D eigenvalue weighted by Gasteiger charge is 2.24. The van der Waals surface area contributed by atoms with Gasteiger partial charge in [0.2, 0.25) is 5.91 Å². The van der Waals surface area contributed by atoms with Gasteiger partial charge in [-0.15, -0.1) is 23.7 Å². The van der Waals surface area contributed by atoms with Crippen LogP contribution in [-0.4, -0.2) is 11.9 Å². The Bertz CT molecular complexity index is 397. The zero-order chi connectivity index (χ0) is 12.3. The Morgan fingerprint density at radius 2 is 2.28 bits per heavy atom. The maximum Gasteiger partial charge on any atom is 0.223 e. The van der Waals surface area contributed by atoms with Crippen molar-refractivity contribution in [3.8, 4) is 0 Å². The third kappa shape index (κ3) is 4.43. The van der Waals surface area contributed by atoms with Crippen LogP contribution in [0.5, 0.6) is 0 Å². The summed E-state index contributed by atoms with van der Waals surface area (Å²) in [6.45, 7) is 0.571. The molecule has 18 heavy (non-hydrogen) atoms. The molecule has 1 aliphatic rings. The van der Waals surface area contributed by atoms with Gasteiger partial charge in [0.1, 0.15) is 0 Å². The zero-order valence-electron chi connectivity index (χ0n) is 10.0. The molecule has 0 saturated heterocycles. The van der Waals surface area contributed by atoms with Gasteiger partial charge in [0.25, 0.3) is 0 Å². The van der Waals surface area contributed by atoms with Gasteiger partial charge in [-0.05, 0) is 31.4 Å². The van der Waals surface area contributed by atoms with Crippen LogP contribution in [0.3, 0.4) is 0 Å². The monoisotopic (exact) mass is 308 g/mol. The van der Waals surface area contributed by atoms with E-state index in [0.717, 1.165) is 34.9 Å². The molecule has 1 amide bonds. The van der Waals surface area contributed by atoms with Crippen LogP contribution >= 0.6 is 35.3 Å². The average Bonchev–Trinajstić information content (AvgIpc) is 2.72. The van der Waals surface area contributed by atoms with E-state index in [1.807, 2.05) is 12.1 Å². The summed E-state index contributed by atoms with van der Waals surface area (Å²) in [5.41, 5.74) is 5.88. The molecule has 6 heteroatoms. The van der Waals surface area contributed by atoms with Crippen LogP contribution in [0, 0.1) is 5.92 Å². The van der Waals surface area contributed by atoms with Crippen LogP contribution in [0.1, 0.15) is 30.6 Å². The van der Waals surface area contributed by atoms with Crippen molar-refractivity contribution in [3.05, 3.63) is 21.3 Å². The number of nitrogens with two attached hydrogens (primary N) is 1. The minimum atomic E-state index is 0. The molecular weight excluding hydrogens is 291 g/mol. The first kappa shape index (κ1) is 15.8. The van der Waals surface area contributed by atoms with Crippen molar-refractivity contribution in [1.29, 1.82) is 0 Å². The summed E-state index contributed by atoms with van der Waals surface area (Å²) in [7, 11) is 0. The molecule has 3 N–H and O–H groups in total. The van der Waals surface area contributed by atoms with Gasteiger partial charge in [-0.1, -0.05) is 18.0 Å². The molecule has 102 valence electrons. The van der Waals surface area contributed by atoms with Gasteiger partial charge < -0.3 is 11.1 Å². The molecular formula is C12H18Cl2N2OS. The van der Waals surface area contributed by atoms with E-state index < -0.39 is 0 Å². The SMILES string of the molecule is Cl.NC1CCCC(C(=O)NCc2ccc(Cl)s2)C1. The van der Waals surface area contributed by atoms with E-state index >= 15 is 0 Å². The summed E-state index contributed by atoms with van der Waals surface area (Å²) >= 11 is 7.34. The minimum absolute atomic E-state index is 0. The second-order valence-electron chi connectivity index (χ2n) is 4.55. The van der Waals surface area contributed by atoms with E-state index in [1.54, 1.807) is 0 Å². The summed E-state index contributed by atoms with van der Waals surface area (Å²) < 4.78 is 0.758. The second kappa shape index (κ2) is 7.34. The first-order valence-electron chi connectivity index (χ1n) is 5.92. The molecule has 1 heterocycles. The summed E-state index contributed by atoms with van der Waals surface area (Å²) in [5, 5.41) is 2.96. The lowest BCUT2D eigenvalue weighted by Gasteiger charge is -2.25. The topological polar surface area (TPSA) is 55.1 Å². The molecule has 3 nitrogen and oxygen atoms in total. The van der Waals surface area contributed by atoms with E-state index in [-0.39, 0.29) is 30.3 Å². The average molecular weight is 309 g/mol. The summed E-state index contributed by atoms with van der Waals surface area (Å²) in [4.78, 5) is 13.0. The minimum Gasteiger partial charge on any atom is -0.351 e. The smallest absolute Gasteiger partial charge is 0.223 e. The Kier molecular flexibility index (Phi) is 6.43. The van der Waals surface area contributed by atoms with Crippen LogP contribution in [0.2, 0.25) is 4.34 Å². The van der Waals surface area contributed by atoms with Crippen LogP contribution < -0.4 is 11.1 Å². The van der Waals surface area contributed by atoms with Crippen molar-refractivity contribution in [3.63, 3.8) is 0 Å². The molecule has 2 unspecified atom stereocenters. The molecule has 0 spiro atoms. The molecule has 1 fully saturated rings. The number of nitrogens with one attached hydrogen (secondary N) is 1. The number of carbonyl (C=O) groups excluding carboxylic acids is 1. The largest absolute Gasteiger partial charge is 0.351 e. The van der Waals surface area contributed by atoms with E-state index in [2.05, 4.69) is 5.32 Å². The number of thiophene rings is 1. The van der Waals surface area contributed by atoms with Crippen molar-refractivity contribution in [1.82, 2.24) is 5.32 Å². The van der Waals surface area contributed by atoms with Crippen molar-refractivity contribution >= 4 is 41.3 Å². The Morgan fingerprint density at radius 3 is 2.89 bits per heavy atom. The van der Waals surface area contributed by atoms with Gasteiger partial charge in [-0.3, -0.25) is 4.79 Å². The number of carbonyl (C=O) groups is 1. The number of hydrogen-bond donors (Lipinski definition) is 2. The highest BCUT2D eigenvalue weighted by molar-refractivity contribution is 7.16. The highest BCUT2D eigenvalue weighted by atomic mass is 35.5. The number of halogens is 2. The van der Waals surface area contributed by atoms with Crippen LogP contribution in [0.4, 0.5) is 0 Å². The Balaban J connectivity index is 0.00000162. The molecule has 1 saturated carbocycles. The third-order valence-corrected chi connectivity index (χ3v) is 4.38. The van der Waals surface area contributed by atoms with Gasteiger partial charge in [-0.25, -0.2) is 0 Å². The second-order valence-corrected chi connectivity index (χ2v) is 6.35. The van der Waals surface area contributed by atoms with Crippen LogP contribution in [0.25, 0.3) is 0 Å². The Hall–Kier alpha value is -0.290. The lowest BCUT2D eigenvalue weighted by molar-refractivity contribution is -0.126. The lowest BCUT2D eigenvalue weighted by atomic mass is 9.85. The van der Waals surface area contributed by atoms with Gasteiger partial charge in [0.05, 0.1) is 10.9 Å². The van der Waals surface area contributed by atoms with Gasteiger partial charge in [0.15, 0.2) is 0 Å². The van der Waals surface area contributed by atoms with Crippen LogP contribution in [-0.2, 0) is 11.3 Å². The molecule has 1 aromatic rings. The highest BCUT2D eigenvalue weighted by Crippen LogP contribution is 2.24. The predicted octanol–water partition coefficient (Wildman–Crippen LogP) is 2.96. The van der Waals surface area contributed by atoms with Gasteiger partial charge in [0, 0.05) is 16.8 Å². The molecule has 2 rings (SSSR count). The number of rotatable bonds is 3. The Morgan fingerprint density at radius 1 is 1.50 bits per heavy atom. The molecule has 2 atom stereocenters. The molecule has 0 aromatic carbocycles. The fourth-order valence-electron chi connectivity index (χ4n) is 2.23. The quantitative estimate of drug-likeness (QED) is 0.902. The van der Waals surface area contributed by atoms with Crippen molar-refractivity contribution in [2.45, 2.75) is 38.3 Å². The standard InChI is InChI=1S/C12H17ClN2OS.ClH/c13-11-5-4-10(17-11)7-15-12(16)8-2-1-3-9(14)6-8;/h4-5,8-9H,1-3,6-7,14H2,(H,15,16);1H. The summed E-state index contributed by atoms with van der Waals surface area (Å²) in [6.07, 6.45) is 3.89. The molecule has 0 radical (unpaired) electrons. The van der Waals surface area contributed by atoms with Gasteiger partial charge >= 0.3 is 0 Å². The van der Waals surface area contributed by atoms with E-state index in [0.29, 0.717) is 6.54 Å². The number of hydrogen-bond acceptors (Lipinski definition) is 3. The first-order valence-corrected chi connectivity index (χ1v) is 7.12. The zero-order valence-corrected chi connectivity index (χ0v) is 12.4. The molecule has 0 aliphatic heterocycles. The fourth-order valence-corrected chi connectivity index (χ4v) is 3.26. The lowest BCUT2D eigenvalue weighted by Crippen LogP contribution is -2.37. The Labute approximate surface area is 122 Å². The maximum atomic E-state index is 11.9. The summed E-state index contributed by atoms with van der Waals surface area (Å²) in [5.74, 6) is 0.221. The molecule has 1 aromatic heterocycles. The van der Waals surface area contributed by atoms with Crippen molar-refractivity contribution in [2.24, 2.45) is 11.7 Å². The van der Waals surface area contributed by atoms with E-state index in [4.69, 9.17) is 17.3 Å². The van der Waals surface area contributed by atoms with Crippen molar-refractivity contribution in [2.75, 3.05) is 0 Å². The van der Waals surface area contributed by atoms with E-state index in [9.17, 15) is 4.79 Å². The first-order chi connectivity index (χ1) is 8.15. The fraction of sp³-hybridized carbons (Fsp3) is 0.583. The summed E-state index contributed by atoms with van der Waals surface area (Å²) in [6, 6.07) is 3.99. The van der Waals surface area contributed by atoms with E-state index in [1.165, 1.54) is 11.3 Å². The molecule has 1 aliphatic carbocycles.